The van der Waals surface area contributed by atoms with Crippen LogP contribution >= 0.6 is 11.6 Å². The Hall–Kier alpha value is -2.26. The van der Waals surface area contributed by atoms with Gasteiger partial charge >= 0.3 is 6.18 Å². The number of hydrogen-bond acceptors (Lipinski definition) is 3. The molecule has 2 aromatic carbocycles. The Labute approximate surface area is 178 Å². The molecule has 10 heteroatoms. The molecule has 2 aromatic rings. The third-order valence-corrected chi connectivity index (χ3v) is 6.05. The molecule has 5 nitrogen and oxygen atoms in total. The molecule has 0 aliphatic heterocycles. The SMILES string of the molecule is CC[C@H](C(=O)NCc1cccc(C(F)(F)F)c1)N(c1ccc(C)c(Cl)c1)S(C)(=O)=O. The summed E-state index contributed by atoms with van der Waals surface area (Å²) in [7, 11) is -3.85. The molecule has 0 radical (unpaired) electrons. The average Bonchev–Trinajstić information content (AvgIpc) is 2.65. The zero-order valence-electron chi connectivity index (χ0n) is 16.6. The Morgan fingerprint density at radius 2 is 1.87 bits per heavy atom. The van der Waals surface area contributed by atoms with E-state index in [0.29, 0.717) is 5.02 Å². The number of alkyl halides is 3. The minimum atomic E-state index is -4.50. The molecule has 1 N–H and O–H groups in total. The van der Waals surface area contributed by atoms with Crippen LogP contribution in [0.1, 0.15) is 30.0 Å². The van der Waals surface area contributed by atoms with Crippen molar-refractivity contribution < 1.29 is 26.4 Å². The number of rotatable bonds is 7. The lowest BCUT2D eigenvalue weighted by molar-refractivity contribution is -0.137. The zero-order valence-corrected chi connectivity index (χ0v) is 18.2. The van der Waals surface area contributed by atoms with Crippen LogP contribution in [-0.2, 0) is 27.5 Å². The van der Waals surface area contributed by atoms with Crippen molar-refractivity contribution >= 4 is 33.2 Å². The molecule has 0 aliphatic rings. The number of sulfonamides is 1. The Bertz CT molecular complexity index is 1030. The summed E-state index contributed by atoms with van der Waals surface area (Å²) in [4.78, 5) is 12.8. The number of benzene rings is 2. The Kier molecular flexibility index (Phi) is 7.41. The molecule has 0 spiro atoms. The van der Waals surface area contributed by atoms with Crippen molar-refractivity contribution in [2.24, 2.45) is 0 Å². The maximum atomic E-state index is 12.9. The van der Waals surface area contributed by atoms with E-state index in [-0.39, 0.29) is 24.2 Å². The van der Waals surface area contributed by atoms with Crippen molar-refractivity contribution in [2.75, 3.05) is 10.6 Å². The molecule has 2 rings (SSSR count). The van der Waals surface area contributed by atoms with Gasteiger partial charge in [-0.05, 0) is 48.7 Å². The quantitative estimate of drug-likeness (QED) is 0.657. The van der Waals surface area contributed by atoms with Gasteiger partial charge in [-0.2, -0.15) is 13.2 Å². The first kappa shape index (κ1) is 24.0. The summed E-state index contributed by atoms with van der Waals surface area (Å²) in [6.45, 7) is 3.23. The minimum absolute atomic E-state index is 0.146. The Balaban J connectivity index is 2.27. The van der Waals surface area contributed by atoms with E-state index in [1.807, 2.05) is 0 Å². The van der Waals surface area contributed by atoms with Gasteiger partial charge in [0.15, 0.2) is 0 Å². The number of carbonyl (C=O) groups is 1. The van der Waals surface area contributed by atoms with Crippen LogP contribution in [0, 0.1) is 6.92 Å². The molecule has 0 aliphatic carbocycles. The molecule has 0 unspecified atom stereocenters. The summed E-state index contributed by atoms with van der Waals surface area (Å²) in [5, 5.41) is 2.88. The first-order chi connectivity index (χ1) is 13.8. The second-order valence-corrected chi connectivity index (χ2v) is 9.10. The van der Waals surface area contributed by atoms with Crippen LogP contribution < -0.4 is 9.62 Å². The minimum Gasteiger partial charge on any atom is -0.350 e. The van der Waals surface area contributed by atoms with Gasteiger partial charge in [0.2, 0.25) is 15.9 Å². The molecule has 0 saturated carbocycles. The van der Waals surface area contributed by atoms with E-state index < -0.39 is 33.7 Å². The number of nitrogens with zero attached hydrogens (tertiary/aromatic N) is 1. The molecular formula is C20H22ClF3N2O3S. The molecule has 0 bridgehead atoms. The van der Waals surface area contributed by atoms with Crippen molar-refractivity contribution in [3.8, 4) is 0 Å². The third-order valence-electron chi connectivity index (χ3n) is 4.46. The van der Waals surface area contributed by atoms with E-state index in [9.17, 15) is 26.4 Å². The largest absolute Gasteiger partial charge is 0.416 e. The van der Waals surface area contributed by atoms with Crippen LogP contribution in [0.5, 0.6) is 0 Å². The number of anilines is 1. The lowest BCUT2D eigenvalue weighted by Crippen LogP contribution is -2.49. The van der Waals surface area contributed by atoms with Crippen molar-refractivity contribution in [1.29, 1.82) is 0 Å². The normalized spacial score (nSPS) is 13.0. The summed E-state index contributed by atoms with van der Waals surface area (Å²) in [5.74, 6) is -0.628. The fourth-order valence-electron chi connectivity index (χ4n) is 2.94. The van der Waals surface area contributed by atoms with Crippen LogP contribution in [0.15, 0.2) is 42.5 Å². The number of carbonyl (C=O) groups excluding carboxylic acids is 1. The van der Waals surface area contributed by atoms with E-state index in [2.05, 4.69) is 5.32 Å². The van der Waals surface area contributed by atoms with E-state index in [1.54, 1.807) is 26.0 Å². The van der Waals surface area contributed by atoms with Crippen LogP contribution in [0.2, 0.25) is 5.02 Å². The van der Waals surface area contributed by atoms with Crippen LogP contribution in [-0.4, -0.2) is 26.6 Å². The maximum absolute atomic E-state index is 12.9. The molecule has 1 amide bonds. The van der Waals surface area contributed by atoms with Gasteiger partial charge in [0, 0.05) is 11.6 Å². The molecule has 0 aromatic heterocycles. The Morgan fingerprint density at radius 1 is 1.20 bits per heavy atom. The summed E-state index contributed by atoms with van der Waals surface area (Å²) < 4.78 is 64.4. The van der Waals surface area contributed by atoms with Gasteiger partial charge in [0.1, 0.15) is 6.04 Å². The van der Waals surface area contributed by atoms with Gasteiger partial charge in [-0.25, -0.2) is 8.42 Å². The van der Waals surface area contributed by atoms with Crippen LogP contribution in [0.3, 0.4) is 0 Å². The highest BCUT2D eigenvalue weighted by molar-refractivity contribution is 7.92. The van der Waals surface area contributed by atoms with Gasteiger partial charge in [-0.15, -0.1) is 0 Å². The second-order valence-electron chi connectivity index (χ2n) is 6.83. The first-order valence-corrected chi connectivity index (χ1v) is 11.3. The zero-order chi connectivity index (χ0) is 22.7. The second kappa shape index (κ2) is 9.26. The molecule has 0 heterocycles. The molecular weight excluding hydrogens is 441 g/mol. The maximum Gasteiger partial charge on any atom is 0.416 e. The van der Waals surface area contributed by atoms with Crippen LogP contribution in [0.4, 0.5) is 18.9 Å². The Morgan fingerprint density at radius 3 is 2.40 bits per heavy atom. The number of hydrogen-bond donors (Lipinski definition) is 1. The molecule has 1 atom stereocenters. The summed E-state index contributed by atoms with van der Waals surface area (Å²) in [6, 6.07) is 8.13. The first-order valence-electron chi connectivity index (χ1n) is 9.04. The number of halogens is 4. The van der Waals surface area contributed by atoms with Crippen LogP contribution in [0.25, 0.3) is 0 Å². The van der Waals surface area contributed by atoms with Gasteiger partial charge in [0.05, 0.1) is 17.5 Å². The van der Waals surface area contributed by atoms with E-state index in [1.165, 1.54) is 18.2 Å². The lowest BCUT2D eigenvalue weighted by atomic mass is 10.1. The summed E-state index contributed by atoms with van der Waals surface area (Å²) >= 11 is 6.11. The van der Waals surface area contributed by atoms with Crippen molar-refractivity contribution in [3.63, 3.8) is 0 Å². The van der Waals surface area contributed by atoms with Gasteiger partial charge in [0.25, 0.3) is 0 Å². The molecule has 30 heavy (non-hydrogen) atoms. The number of aryl methyl sites for hydroxylation is 1. The molecule has 0 fully saturated rings. The number of amides is 1. The van der Waals surface area contributed by atoms with Gasteiger partial charge < -0.3 is 5.32 Å². The summed E-state index contributed by atoms with van der Waals surface area (Å²) in [5.41, 5.74) is 0.399. The summed E-state index contributed by atoms with van der Waals surface area (Å²) in [6.07, 6.45) is -3.37. The topological polar surface area (TPSA) is 66.5 Å². The van der Waals surface area contributed by atoms with E-state index in [4.69, 9.17) is 11.6 Å². The predicted octanol–water partition coefficient (Wildman–Crippen LogP) is 4.53. The van der Waals surface area contributed by atoms with E-state index in [0.717, 1.165) is 28.3 Å². The highest BCUT2D eigenvalue weighted by Crippen LogP contribution is 2.30. The number of nitrogens with one attached hydrogen (secondary N) is 1. The van der Waals surface area contributed by atoms with Crippen molar-refractivity contribution in [3.05, 3.63) is 64.2 Å². The van der Waals surface area contributed by atoms with Gasteiger partial charge in [-0.3, -0.25) is 9.10 Å². The van der Waals surface area contributed by atoms with Crippen molar-refractivity contribution in [1.82, 2.24) is 5.32 Å². The lowest BCUT2D eigenvalue weighted by Gasteiger charge is -2.30. The average molecular weight is 463 g/mol. The molecule has 164 valence electrons. The fourth-order valence-corrected chi connectivity index (χ4v) is 4.32. The predicted molar refractivity (Wildman–Crippen MR) is 111 cm³/mol. The standard InChI is InChI=1S/C20H22ClF3N2O3S/c1-4-18(26(30(3,28)29)16-9-8-13(2)17(21)11-16)19(27)25-12-14-6-5-7-15(10-14)20(22,23)24/h5-11,18H,4,12H2,1-3H3,(H,25,27)/t18-/m1/s1. The fraction of sp³-hybridized carbons (Fsp3) is 0.350. The van der Waals surface area contributed by atoms with E-state index >= 15 is 0 Å². The monoisotopic (exact) mass is 462 g/mol. The molecule has 0 saturated heterocycles. The third kappa shape index (κ3) is 5.89. The van der Waals surface area contributed by atoms with Crippen molar-refractivity contribution in [2.45, 2.75) is 39.0 Å². The highest BCUT2D eigenvalue weighted by atomic mass is 35.5. The van der Waals surface area contributed by atoms with Gasteiger partial charge in [-0.1, -0.05) is 36.7 Å². The highest BCUT2D eigenvalue weighted by Gasteiger charge is 2.32. The smallest absolute Gasteiger partial charge is 0.350 e.